The minimum Gasteiger partial charge on any atom is -0.273 e. The Hall–Kier alpha value is -2.47. The molecule has 0 fully saturated rings. The zero-order chi connectivity index (χ0) is 16.6. The van der Waals surface area contributed by atoms with Crippen molar-refractivity contribution in [2.45, 2.75) is 6.92 Å². The van der Waals surface area contributed by atoms with Crippen LogP contribution in [-0.2, 0) is 10.0 Å². The minimum absolute atomic E-state index is 0.624. The van der Waals surface area contributed by atoms with Crippen LogP contribution in [-0.4, -0.2) is 31.7 Å². The summed E-state index contributed by atoms with van der Waals surface area (Å²) in [7, 11) is -1.79. The average Bonchev–Trinajstić information content (AvgIpc) is 2.52. The van der Waals surface area contributed by atoms with Gasteiger partial charge in [0.1, 0.15) is 5.82 Å². The van der Waals surface area contributed by atoms with E-state index in [0.29, 0.717) is 11.5 Å². The van der Waals surface area contributed by atoms with Crippen LogP contribution in [0.25, 0.3) is 22.0 Å². The number of nitrogens with zero attached hydrogens (tertiary/aromatic N) is 3. The summed E-state index contributed by atoms with van der Waals surface area (Å²) in [6.45, 7) is 1.84. The Labute approximate surface area is 135 Å². The number of aromatic nitrogens is 2. The van der Waals surface area contributed by atoms with Crippen LogP contribution in [0.2, 0.25) is 0 Å². The maximum Gasteiger partial charge on any atom is 0.232 e. The maximum atomic E-state index is 11.9. The number of hydrogen-bond acceptors (Lipinski definition) is 4. The van der Waals surface area contributed by atoms with E-state index >= 15 is 0 Å². The lowest BCUT2D eigenvalue weighted by molar-refractivity contribution is 0.600. The Balaban J connectivity index is 2.31. The van der Waals surface area contributed by atoms with Crippen molar-refractivity contribution < 1.29 is 8.42 Å². The fraction of sp³-hybridized carbons (Fsp3) is 0.176. The van der Waals surface area contributed by atoms with Gasteiger partial charge >= 0.3 is 0 Å². The van der Waals surface area contributed by atoms with Crippen LogP contribution in [0.4, 0.5) is 5.69 Å². The van der Waals surface area contributed by atoms with Gasteiger partial charge in [-0.05, 0) is 13.0 Å². The molecule has 0 aliphatic carbocycles. The van der Waals surface area contributed by atoms with Gasteiger partial charge in [-0.3, -0.25) is 4.31 Å². The average molecular weight is 327 g/mol. The molecule has 1 aromatic heterocycles. The Kier molecular flexibility index (Phi) is 3.77. The zero-order valence-electron chi connectivity index (χ0n) is 13.2. The highest BCUT2D eigenvalue weighted by atomic mass is 32.2. The summed E-state index contributed by atoms with van der Waals surface area (Å²) in [6.07, 6.45) is 2.98. The van der Waals surface area contributed by atoms with E-state index in [1.54, 1.807) is 19.3 Å². The van der Waals surface area contributed by atoms with Crippen LogP contribution in [0.1, 0.15) is 5.82 Å². The summed E-state index contributed by atoms with van der Waals surface area (Å²) in [6, 6.07) is 13.2. The summed E-state index contributed by atoms with van der Waals surface area (Å²) >= 11 is 0. The third kappa shape index (κ3) is 2.90. The molecule has 0 spiro atoms. The SMILES string of the molecule is Cc1ncc2cccc(-c3ccccc3N(C)S(C)(=O)=O)c2n1. The van der Waals surface area contributed by atoms with E-state index in [0.717, 1.165) is 22.0 Å². The van der Waals surface area contributed by atoms with E-state index in [9.17, 15) is 8.42 Å². The number of anilines is 1. The van der Waals surface area contributed by atoms with Crippen molar-refractivity contribution in [1.29, 1.82) is 0 Å². The Morgan fingerprint density at radius 2 is 1.70 bits per heavy atom. The van der Waals surface area contributed by atoms with Gasteiger partial charge in [-0.2, -0.15) is 0 Å². The second-order valence-corrected chi connectivity index (χ2v) is 7.42. The van der Waals surface area contributed by atoms with Crippen molar-refractivity contribution >= 4 is 26.6 Å². The smallest absolute Gasteiger partial charge is 0.232 e. The van der Waals surface area contributed by atoms with Crippen molar-refractivity contribution in [1.82, 2.24) is 9.97 Å². The number of sulfonamides is 1. The highest BCUT2D eigenvalue weighted by Gasteiger charge is 2.17. The first-order valence-corrected chi connectivity index (χ1v) is 8.98. The molecule has 0 aliphatic rings. The number of fused-ring (bicyclic) bond motifs is 1. The summed E-state index contributed by atoms with van der Waals surface area (Å²) in [4.78, 5) is 8.76. The highest BCUT2D eigenvalue weighted by Crippen LogP contribution is 2.34. The summed E-state index contributed by atoms with van der Waals surface area (Å²) in [5, 5.41) is 0.921. The number of rotatable bonds is 3. The topological polar surface area (TPSA) is 63.2 Å². The molecule has 23 heavy (non-hydrogen) atoms. The lowest BCUT2D eigenvalue weighted by Crippen LogP contribution is -2.25. The van der Waals surface area contributed by atoms with Gasteiger partial charge in [0.15, 0.2) is 0 Å². The Morgan fingerprint density at radius 1 is 1.00 bits per heavy atom. The summed E-state index contributed by atoms with van der Waals surface area (Å²) < 4.78 is 25.2. The number of hydrogen-bond donors (Lipinski definition) is 0. The largest absolute Gasteiger partial charge is 0.273 e. The van der Waals surface area contributed by atoms with Gasteiger partial charge in [-0.15, -0.1) is 0 Å². The van der Waals surface area contributed by atoms with Crippen LogP contribution in [0, 0.1) is 6.92 Å². The third-order valence-corrected chi connectivity index (χ3v) is 4.95. The molecule has 0 amide bonds. The molecule has 0 saturated carbocycles. The lowest BCUT2D eigenvalue weighted by Gasteiger charge is -2.20. The highest BCUT2D eigenvalue weighted by molar-refractivity contribution is 7.92. The van der Waals surface area contributed by atoms with Crippen molar-refractivity contribution in [3.05, 3.63) is 54.5 Å². The van der Waals surface area contributed by atoms with E-state index in [1.807, 2.05) is 43.3 Å². The molecule has 0 saturated heterocycles. The molecule has 5 nitrogen and oxygen atoms in total. The van der Waals surface area contributed by atoms with Crippen molar-refractivity contribution in [2.75, 3.05) is 17.6 Å². The Morgan fingerprint density at radius 3 is 2.43 bits per heavy atom. The van der Waals surface area contributed by atoms with E-state index in [1.165, 1.54) is 10.6 Å². The van der Waals surface area contributed by atoms with Gasteiger partial charge in [-0.25, -0.2) is 18.4 Å². The molecule has 0 unspecified atom stereocenters. The molecule has 2 aromatic carbocycles. The molecule has 0 radical (unpaired) electrons. The Bertz CT molecular complexity index is 984. The normalized spacial score (nSPS) is 11.6. The van der Waals surface area contributed by atoms with E-state index < -0.39 is 10.0 Å². The minimum atomic E-state index is -3.35. The molecular formula is C17H17N3O2S. The van der Waals surface area contributed by atoms with Crippen LogP contribution in [0.5, 0.6) is 0 Å². The second-order valence-electron chi connectivity index (χ2n) is 5.41. The van der Waals surface area contributed by atoms with Crippen LogP contribution < -0.4 is 4.31 Å². The maximum absolute atomic E-state index is 11.9. The lowest BCUT2D eigenvalue weighted by atomic mass is 10.0. The molecule has 0 atom stereocenters. The van der Waals surface area contributed by atoms with Gasteiger partial charge in [0.2, 0.25) is 10.0 Å². The van der Waals surface area contributed by atoms with Crippen molar-refractivity contribution in [3.63, 3.8) is 0 Å². The number of benzene rings is 2. The summed E-state index contributed by atoms with van der Waals surface area (Å²) in [5.41, 5.74) is 3.15. The van der Waals surface area contributed by atoms with Crippen LogP contribution in [0.15, 0.2) is 48.7 Å². The van der Waals surface area contributed by atoms with E-state index in [4.69, 9.17) is 0 Å². The quantitative estimate of drug-likeness (QED) is 0.742. The monoisotopic (exact) mass is 327 g/mol. The molecule has 0 aliphatic heterocycles. The summed E-state index contributed by atoms with van der Waals surface area (Å²) in [5.74, 6) is 0.680. The van der Waals surface area contributed by atoms with Gasteiger partial charge < -0.3 is 0 Å². The van der Waals surface area contributed by atoms with Gasteiger partial charge in [0, 0.05) is 29.8 Å². The predicted molar refractivity (Wildman–Crippen MR) is 93.0 cm³/mol. The van der Waals surface area contributed by atoms with Crippen molar-refractivity contribution in [2.24, 2.45) is 0 Å². The molecule has 1 heterocycles. The molecular weight excluding hydrogens is 310 g/mol. The van der Waals surface area contributed by atoms with Crippen LogP contribution in [0.3, 0.4) is 0 Å². The molecule has 3 rings (SSSR count). The first-order valence-electron chi connectivity index (χ1n) is 7.13. The molecule has 6 heteroatoms. The van der Waals surface area contributed by atoms with E-state index in [2.05, 4.69) is 9.97 Å². The van der Waals surface area contributed by atoms with E-state index in [-0.39, 0.29) is 0 Å². The van der Waals surface area contributed by atoms with Crippen LogP contribution >= 0.6 is 0 Å². The molecule has 0 bridgehead atoms. The molecule has 3 aromatic rings. The zero-order valence-corrected chi connectivity index (χ0v) is 14.0. The van der Waals surface area contributed by atoms with Gasteiger partial charge in [0.25, 0.3) is 0 Å². The first-order chi connectivity index (χ1) is 10.9. The second kappa shape index (κ2) is 5.62. The molecule has 118 valence electrons. The number of para-hydroxylation sites is 2. The van der Waals surface area contributed by atoms with Gasteiger partial charge in [-0.1, -0.05) is 36.4 Å². The van der Waals surface area contributed by atoms with Gasteiger partial charge in [0.05, 0.1) is 17.5 Å². The molecule has 0 N–H and O–H groups in total. The first kappa shape index (κ1) is 15.4. The number of aryl methyl sites for hydroxylation is 1. The fourth-order valence-electron chi connectivity index (χ4n) is 2.52. The fourth-order valence-corrected chi connectivity index (χ4v) is 3.03. The third-order valence-electron chi connectivity index (χ3n) is 3.76. The standard InChI is InChI=1S/C17H17N3O2S/c1-12-18-11-13-7-6-9-15(17(13)19-12)14-8-4-5-10-16(14)20(2)23(3,21)22/h4-11H,1-3H3. The predicted octanol–water partition coefficient (Wildman–Crippen LogP) is 3.00. The van der Waals surface area contributed by atoms with Crippen molar-refractivity contribution in [3.8, 4) is 11.1 Å².